The van der Waals surface area contributed by atoms with E-state index in [1.807, 2.05) is 12.1 Å². The Kier molecular flexibility index (Phi) is 5.42. The molecule has 0 saturated carbocycles. The van der Waals surface area contributed by atoms with Gasteiger partial charge in [0.25, 0.3) is 0 Å². The summed E-state index contributed by atoms with van der Waals surface area (Å²) in [5.74, 6) is 3.70. The largest absolute Gasteiger partial charge is 0.464 e. The smallest absolute Gasteiger partial charge is 0.170 e. The molecule has 0 radical (unpaired) electrons. The molecule has 0 aliphatic carbocycles. The molecule has 0 aromatic carbocycles. The minimum atomic E-state index is 0.469. The minimum Gasteiger partial charge on any atom is -0.464 e. The number of nitrogens with zero attached hydrogens (tertiary/aromatic N) is 2. The summed E-state index contributed by atoms with van der Waals surface area (Å²) in [6, 6.07) is 4.53. The van der Waals surface area contributed by atoms with Crippen LogP contribution < -0.4 is 5.32 Å². The van der Waals surface area contributed by atoms with Crippen molar-refractivity contribution in [2.75, 3.05) is 0 Å². The van der Waals surface area contributed by atoms with Crippen molar-refractivity contribution in [3.63, 3.8) is 0 Å². The highest BCUT2D eigenvalue weighted by atomic mass is 32.2. The molecule has 6 heteroatoms. The van der Waals surface area contributed by atoms with Gasteiger partial charge in [-0.1, -0.05) is 32.5 Å². The molecule has 0 fully saturated rings. The van der Waals surface area contributed by atoms with Crippen LogP contribution in [0.25, 0.3) is 0 Å². The third-order valence-corrected chi connectivity index (χ3v) is 4.40. The zero-order valence-electron chi connectivity index (χ0n) is 11.5. The molecule has 4 nitrogen and oxygen atoms in total. The van der Waals surface area contributed by atoms with Gasteiger partial charge in [-0.2, -0.15) is 4.37 Å². The van der Waals surface area contributed by atoms with Crippen molar-refractivity contribution in [1.82, 2.24) is 14.7 Å². The molecule has 0 saturated heterocycles. The van der Waals surface area contributed by atoms with E-state index in [1.165, 1.54) is 11.5 Å². The lowest BCUT2D eigenvalue weighted by molar-refractivity contribution is 0.445. The van der Waals surface area contributed by atoms with Crippen LogP contribution in [0.2, 0.25) is 0 Å². The number of hydrogen-bond acceptors (Lipinski definition) is 6. The van der Waals surface area contributed by atoms with Gasteiger partial charge in [0, 0.05) is 12.5 Å². The highest BCUT2D eigenvalue weighted by Gasteiger charge is 2.07. The van der Waals surface area contributed by atoms with Gasteiger partial charge in [-0.15, -0.1) is 0 Å². The number of rotatable bonds is 7. The second-order valence-corrected chi connectivity index (χ2v) is 6.50. The first-order valence-electron chi connectivity index (χ1n) is 6.43. The lowest BCUT2D eigenvalue weighted by Gasteiger charge is -2.04. The van der Waals surface area contributed by atoms with Crippen LogP contribution in [0.3, 0.4) is 0 Å². The molecule has 2 rings (SSSR count). The van der Waals surface area contributed by atoms with E-state index >= 15 is 0 Å². The van der Waals surface area contributed by atoms with Gasteiger partial charge >= 0.3 is 0 Å². The summed E-state index contributed by atoms with van der Waals surface area (Å²) in [6.07, 6.45) is 0.892. The average Bonchev–Trinajstić information content (AvgIpc) is 3.03. The first-order valence-corrected chi connectivity index (χ1v) is 8.19. The maximum atomic E-state index is 5.76. The first-order chi connectivity index (χ1) is 9.17. The Balaban J connectivity index is 1.82. The number of furan rings is 1. The van der Waals surface area contributed by atoms with Crippen LogP contribution in [-0.4, -0.2) is 15.4 Å². The van der Waals surface area contributed by atoms with E-state index in [0.717, 1.165) is 40.4 Å². The van der Waals surface area contributed by atoms with Crippen LogP contribution in [0.1, 0.15) is 38.1 Å². The monoisotopic (exact) mass is 297 g/mol. The van der Waals surface area contributed by atoms with E-state index in [2.05, 4.69) is 35.4 Å². The molecular weight excluding hydrogens is 278 g/mol. The Morgan fingerprint density at radius 1 is 1.37 bits per heavy atom. The summed E-state index contributed by atoms with van der Waals surface area (Å²) in [7, 11) is 0. The van der Waals surface area contributed by atoms with Gasteiger partial charge in [0.1, 0.15) is 17.3 Å². The summed E-state index contributed by atoms with van der Waals surface area (Å²) in [6.45, 7) is 7.10. The SMILES string of the molecule is CCc1nsc(SCc2ccc(CNC(C)C)o2)n1. The lowest BCUT2D eigenvalue weighted by atomic mass is 10.3. The highest BCUT2D eigenvalue weighted by Crippen LogP contribution is 2.25. The van der Waals surface area contributed by atoms with E-state index in [-0.39, 0.29) is 0 Å². The molecule has 0 unspecified atom stereocenters. The van der Waals surface area contributed by atoms with Crippen LogP contribution in [0.15, 0.2) is 20.9 Å². The van der Waals surface area contributed by atoms with Crippen LogP contribution in [0.5, 0.6) is 0 Å². The Labute approximate surface area is 122 Å². The summed E-state index contributed by atoms with van der Waals surface area (Å²) < 4.78 is 11.0. The van der Waals surface area contributed by atoms with Gasteiger partial charge < -0.3 is 9.73 Å². The van der Waals surface area contributed by atoms with Gasteiger partial charge in [-0.25, -0.2) is 4.98 Å². The van der Waals surface area contributed by atoms with E-state index in [1.54, 1.807) is 11.8 Å². The summed E-state index contributed by atoms with van der Waals surface area (Å²) in [5.41, 5.74) is 0. The fraction of sp³-hybridized carbons (Fsp3) is 0.538. The van der Waals surface area contributed by atoms with Crippen molar-refractivity contribution in [2.45, 2.75) is 49.9 Å². The van der Waals surface area contributed by atoms with Gasteiger partial charge in [0.15, 0.2) is 4.34 Å². The Bertz CT molecular complexity index is 507. The standard InChI is InChI=1S/C13H19N3OS2/c1-4-12-15-13(19-16-12)18-8-11-6-5-10(17-11)7-14-9(2)3/h5-6,9,14H,4,7-8H2,1-3H3. The second kappa shape index (κ2) is 7.07. The van der Waals surface area contributed by atoms with Crippen molar-refractivity contribution < 1.29 is 4.42 Å². The van der Waals surface area contributed by atoms with Gasteiger partial charge in [0.05, 0.1) is 12.3 Å². The average molecular weight is 297 g/mol. The lowest BCUT2D eigenvalue weighted by Crippen LogP contribution is -2.21. The van der Waals surface area contributed by atoms with Crippen molar-refractivity contribution >= 4 is 23.3 Å². The molecular formula is C13H19N3OS2. The quantitative estimate of drug-likeness (QED) is 0.793. The molecule has 0 spiro atoms. The summed E-state index contributed by atoms with van der Waals surface area (Å²) in [4.78, 5) is 4.43. The van der Waals surface area contributed by atoms with Crippen molar-refractivity contribution in [3.8, 4) is 0 Å². The molecule has 0 aliphatic heterocycles. The maximum Gasteiger partial charge on any atom is 0.170 e. The van der Waals surface area contributed by atoms with Crippen LogP contribution in [0.4, 0.5) is 0 Å². The third-order valence-electron chi connectivity index (χ3n) is 2.51. The Hall–Kier alpha value is -0.850. The minimum absolute atomic E-state index is 0.469. The van der Waals surface area contributed by atoms with Gasteiger partial charge in [0.2, 0.25) is 0 Å². The first kappa shape index (κ1) is 14.6. The van der Waals surface area contributed by atoms with Crippen molar-refractivity contribution in [2.24, 2.45) is 0 Å². The normalized spacial score (nSPS) is 11.4. The fourth-order valence-electron chi connectivity index (χ4n) is 1.47. The molecule has 19 heavy (non-hydrogen) atoms. The number of thioether (sulfide) groups is 1. The zero-order chi connectivity index (χ0) is 13.7. The molecule has 2 aromatic heterocycles. The van der Waals surface area contributed by atoms with Crippen LogP contribution >= 0.6 is 23.3 Å². The summed E-state index contributed by atoms with van der Waals surface area (Å²) >= 11 is 3.14. The third kappa shape index (κ3) is 4.63. The Morgan fingerprint density at radius 2 is 2.16 bits per heavy atom. The topological polar surface area (TPSA) is 51.0 Å². The summed E-state index contributed by atoms with van der Waals surface area (Å²) in [5, 5.41) is 3.34. The van der Waals surface area contributed by atoms with E-state index in [0.29, 0.717) is 6.04 Å². The molecule has 1 N–H and O–H groups in total. The molecule has 0 bridgehead atoms. The van der Waals surface area contributed by atoms with Crippen LogP contribution in [0, 0.1) is 0 Å². The number of nitrogens with one attached hydrogen (secondary N) is 1. The molecule has 2 heterocycles. The second-order valence-electron chi connectivity index (χ2n) is 4.52. The number of aryl methyl sites for hydroxylation is 1. The predicted molar refractivity (Wildman–Crippen MR) is 79.5 cm³/mol. The van der Waals surface area contributed by atoms with E-state index < -0.39 is 0 Å². The van der Waals surface area contributed by atoms with Crippen LogP contribution in [-0.2, 0) is 18.7 Å². The number of hydrogen-bond donors (Lipinski definition) is 1. The molecule has 104 valence electrons. The number of aromatic nitrogens is 2. The molecule has 0 amide bonds. The fourth-order valence-corrected chi connectivity index (χ4v) is 3.06. The molecule has 0 atom stereocenters. The van der Waals surface area contributed by atoms with Crippen molar-refractivity contribution in [1.29, 1.82) is 0 Å². The van der Waals surface area contributed by atoms with E-state index in [4.69, 9.17) is 4.42 Å². The van der Waals surface area contributed by atoms with Gasteiger partial charge in [-0.05, 0) is 23.7 Å². The predicted octanol–water partition coefficient (Wildman–Crippen LogP) is 3.48. The molecule has 2 aromatic rings. The van der Waals surface area contributed by atoms with Crippen molar-refractivity contribution in [3.05, 3.63) is 29.5 Å². The van der Waals surface area contributed by atoms with E-state index in [9.17, 15) is 0 Å². The molecule has 0 aliphatic rings. The van der Waals surface area contributed by atoms with Gasteiger partial charge in [-0.3, -0.25) is 0 Å². The Morgan fingerprint density at radius 3 is 2.84 bits per heavy atom. The zero-order valence-corrected chi connectivity index (χ0v) is 13.1. The highest BCUT2D eigenvalue weighted by molar-refractivity contribution is 8.00. The maximum absolute atomic E-state index is 5.76.